The van der Waals surface area contributed by atoms with Gasteiger partial charge in [-0.15, -0.1) is 0 Å². The van der Waals surface area contributed by atoms with E-state index in [-0.39, 0.29) is 29.7 Å². The number of fused-ring (bicyclic) bond motifs is 1. The first-order valence-electron chi connectivity index (χ1n) is 6.61. The van der Waals surface area contributed by atoms with Crippen LogP contribution >= 0.6 is 0 Å². The van der Waals surface area contributed by atoms with Crippen LogP contribution in [0.25, 0.3) is 10.9 Å². The molecule has 0 fully saturated rings. The minimum atomic E-state index is -0.572. The van der Waals surface area contributed by atoms with Crippen LogP contribution in [-0.2, 0) is 16.6 Å². The maximum atomic E-state index is 12.1. The van der Waals surface area contributed by atoms with Gasteiger partial charge in [0.2, 0.25) is 0 Å². The summed E-state index contributed by atoms with van der Waals surface area (Å²) < 4.78 is 11.1. The van der Waals surface area contributed by atoms with Crippen LogP contribution in [-0.4, -0.2) is 29.8 Å². The predicted octanol–water partition coefficient (Wildman–Crippen LogP) is 0.981. The number of nitrogens with zero attached hydrogens (tertiary/aromatic N) is 1. The summed E-state index contributed by atoms with van der Waals surface area (Å²) in [5, 5.41) is 2.81. The van der Waals surface area contributed by atoms with E-state index < -0.39 is 17.5 Å². The molecule has 0 atom stereocenters. The third-order valence-corrected chi connectivity index (χ3v) is 3.02. The van der Waals surface area contributed by atoms with Crippen LogP contribution in [0.1, 0.15) is 17.3 Å². The monoisotopic (exact) mass is 304 g/mol. The average Bonchev–Trinajstić information content (AvgIpc) is 2.78. The SMILES string of the molecule is C=C(C)C(=O)OCCNC(=O)c1cccc2c1c(=O)on2C. The lowest BCUT2D eigenvalue weighted by atomic mass is 10.1. The molecule has 1 aromatic heterocycles. The van der Waals surface area contributed by atoms with E-state index in [0.29, 0.717) is 5.52 Å². The van der Waals surface area contributed by atoms with E-state index >= 15 is 0 Å². The number of rotatable bonds is 5. The molecular weight excluding hydrogens is 288 g/mol. The fourth-order valence-electron chi connectivity index (χ4n) is 1.95. The van der Waals surface area contributed by atoms with Gasteiger partial charge in [0.1, 0.15) is 12.0 Å². The third kappa shape index (κ3) is 3.08. The zero-order valence-corrected chi connectivity index (χ0v) is 12.3. The molecule has 2 rings (SSSR count). The first-order valence-corrected chi connectivity index (χ1v) is 6.61. The Kier molecular flexibility index (Phi) is 4.45. The van der Waals surface area contributed by atoms with Crippen LogP contribution in [0.5, 0.6) is 0 Å². The van der Waals surface area contributed by atoms with Crippen molar-refractivity contribution in [1.29, 1.82) is 0 Å². The largest absolute Gasteiger partial charge is 0.460 e. The summed E-state index contributed by atoms with van der Waals surface area (Å²) in [6.07, 6.45) is 0. The van der Waals surface area contributed by atoms with Gasteiger partial charge < -0.3 is 14.6 Å². The number of aryl methyl sites for hydroxylation is 1. The van der Waals surface area contributed by atoms with Crippen molar-refractivity contribution in [2.24, 2.45) is 7.05 Å². The van der Waals surface area contributed by atoms with E-state index in [2.05, 4.69) is 11.9 Å². The first kappa shape index (κ1) is 15.6. The average molecular weight is 304 g/mol. The van der Waals surface area contributed by atoms with E-state index in [1.165, 1.54) is 17.7 Å². The number of benzene rings is 1. The Hall–Kier alpha value is -2.83. The van der Waals surface area contributed by atoms with Crippen molar-refractivity contribution >= 4 is 22.8 Å². The normalized spacial score (nSPS) is 10.5. The molecule has 0 spiro atoms. The van der Waals surface area contributed by atoms with Crippen molar-refractivity contribution in [1.82, 2.24) is 10.1 Å². The summed E-state index contributed by atoms with van der Waals surface area (Å²) in [6, 6.07) is 4.88. The van der Waals surface area contributed by atoms with E-state index in [9.17, 15) is 14.4 Å². The van der Waals surface area contributed by atoms with Crippen molar-refractivity contribution < 1.29 is 18.8 Å². The molecule has 1 amide bonds. The minimum absolute atomic E-state index is 0.0246. The molecule has 0 saturated heterocycles. The van der Waals surface area contributed by atoms with E-state index in [4.69, 9.17) is 9.26 Å². The molecule has 22 heavy (non-hydrogen) atoms. The number of hydrogen-bond acceptors (Lipinski definition) is 5. The van der Waals surface area contributed by atoms with Crippen molar-refractivity contribution in [3.63, 3.8) is 0 Å². The van der Waals surface area contributed by atoms with Crippen molar-refractivity contribution in [3.05, 3.63) is 46.3 Å². The number of esters is 1. The molecule has 0 unspecified atom stereocenters. The Morgan fingerprint density at radius 1 is 1.41 bits per heavy atom. The molecule has 0 saturated carbocycles. The number of nitrogens with one attached hydrogen (secondary N) is 1. The second-order valence-electron chi connectivity index (χ2n) is 4.75. The maximum Gasteiger partial charge on any atom is 0.366 e. The van der Waals surface area contributed by atoms with Crippen LogP contribution in [0.4, 0.5) is 0 Å². The van der Waals surface area contributed by atoms with Gasteiger partial charge in [-0.2, -0.15) is 0 Å². The van der Waals surface area contributed by atoms with Gasteiger partial charge in [-0.3, -0.25) is 4.79 Å². The molecule has 7 heteroatoms. The van der Waals surface area contributed by atoms with Crippen molar-refractivity contribution in [2.45, 2.75) is 6.92 Å². The summed E-state index contributed by atoms with van der Waals surface area (Å²) in [5.41, 5.74) is 0.472. The number of amides is 1. The first-order chi connectivity index (χ1) is 10.4. The van der Waals surface area contributed by atoms with E-state index in [0.717, 1.165) is 0 Å². The smallest absolute Gasteiger partial charge is 0.366 e. The quantitative estimate of drug-likeness (QED) is 0.505. The van der Waals surface area contributed by atoms with Gasteiger partial charge in [-0.05, 0) is 19.1 Å². The van der Waals surface area contributed by atoms with Crippen LogP contribution in [0, 0.1) is 0 Å². The minimum Gasteiger partial charge on any atom is -0.460 e. The highest BCUT2D eigenvalue weighted by molar-refractivity contribution is 6.05. The van der Waals surface area contributed by atoms with Crippen molar-refractivity contribution in [3.8, 4) is 0 Å². The Balaban J connectivity index is 2.06. The lowest BCUT2D eigenvalue weighted by Gasteiger charge is -2.07. The highest BCUT2D eigenvalue weighted by Gasteiger charge is 2.16. The van der Waals surface area contributed by atoms with Gasteiger partial charge in [0.15, 0.2) is 0 Å². The Morgan fingerprint density at radius 3 is 2.82 bits per heavy atom. The fraction of sp³-hybridized carbons (Fsp3) is 0.267. The molecule has 1 N–H and O–H groups in total. The Morgan fingerprint density at radius 2 is 2.14 bits per heavy atom. The molecule has 7 nitrogen and oxygen atoms in total. The van der Waals surface area contributed by atoms with Gasteiger partial charge in [0, 0.05) is 12.6 Å². The molecule has 0 aliphatic rings. The third-order valence-electron chi connectivity index (χ3n) is 3.02. The molecule has 1 aromatic carbocycles. The lowest BCUT2D eigenvalue weighted by Crippen LogP contribution is -2.28. The fourth-order valence-corrected chi connectivity index (χ4v) is 1.95. The maximum absolute atomic E-state index is 12.1. The zero-order chi connectivity index (χ0) is 16.3. The topological polar surface area (TPSA) is 90.5 Å². The standard InChI is InChI=1S/C15H16N2O5/c1-9(2)14(19)21-8-7-16-13(18)10-5-4-6-11-12(10)15(20)22-17(11)3/h4-6H,1,7-8H2,2-3H3,(H,16,18). The second kappa shape index (κ2) is 6.30. The molecular formula is C15H16N2O5. The van der Waals surface area contributed by atoms with Gasteiger partial charge in [-0.25, -0.2) is 14.3 Å². The summed E-state index contributed by atoms with van der Waals surface area (Å²) in [7, 11) is 1.59. The molecule has 1 heterocycles. The summed E-state index contributed by atoms with van der Waals surface area (Å²) in [5.74, 6) is -0.949. The molecule has 0 aliphatic carbocycles. The highest BCUT2D eigenvalue weighted by atomic mass is 16.5. The second-order valence-corrected chi connectivity index (χ2v) is 4.75. The van der Waals surface area contributed by atoms with Gasteiger partial charge in [0.25, 0.3) is 5.91 Å². The number of hydrogen-bond donors (Lipinski definition) is 1. The molecule has 0 radical (unpaired) electrons. The zero-order valence-electron chi connectivity index (χ0n) is 12.3. The van der Waals surface area contributed by atoms with E-state index in [1.54, 1.807) is 19.2 Å². The van der Waals surface area contributed by atoms with Crippen LogP contribution in [0.2, 0.25) is 0 Å². The van der Waals surface area contributed by atoms with Gasteiger partial charge in [-0.1, -0.05) is 12.6 Å². The highest BCUT2D eigenvalue weighted by Crippen LogP contribution is 2.15. The van der Waals surface area contributed by atoms with Gasteiger partial charge >= 0.3 is 11.6 Å². The number of ether oxygens (including phenoxy) is 1. The molecule has 0 aliphatic heterocycles. The van der Waals surface area contributed by atoms with Crippen LogP contribution in [0.3, 0.4) is 0 Å². The summed E-state index contributed by atoms with van der Waals surface area (Å²) >= 11 is 0. The molecule has 2 aromatic rings. The molecule has 116 valence electrons. The summed E-state index contributed by atoms with van der Waals surface area (Å²) in [6.45, 7) is 5.15. The van der Waals surface area contributed by atoms with Crippen molar-refractivity contribution in [2.75, 3.05) is 13.2 Å². The van der Waals surface area contributed by atoms with E-state index in [1.807, 2.05) is 0 Å². The predicted molar refractivity (Wildman–Crippen MR) is 79.6 cm³/mol. The Labute approximate surface area is 126 Å². The number of carbonyl (C=O) groups excluding carboxylic acids is 2. The summed E-state index contributed by atoms with van der Waals surface area (Å²) in [4.78, 5) is 35.1. The molecule has 0 bridgehead atoms. The number of carbonyl (C=O) groups is 2. The van der Waals surface area contributed by atoms with Gasteiger partial charge in [0.05, 0.1) is 17.6 Å². The van der Waals surface area contributed by atoms with Crippen LogP contribution < -0.4 is 10.9 Å². The lowest BCUT2D eigenvalue weighted by molar-refractivity contribution is -0.138. The van der Waals surface area contributed by atoms with Crippen LogP contribution in [0.15, 0.2) is 39.7 Å². The number of aromatic nitrogens is 1. The Bertz CT molecular complexity index is 800.